The number of hydrogen-bond acceptors (Lipinski definition) is 4. The molecular formula is C16H18O3SSi. The first-order valence-corrected chi connectivity index (χ1v) is 11.5. The van der Waals surface area contributed by atoms with Crippen LogP contribution in [0.1, 0.15) is 17.3 Å². The predicted octanol–water partition coefficient (Wildman–Crippen LogP) is 4.42. The zero-order valence-corrected chi connectivity index (χ0v) is 13.8. The van der Waals surface area contributed by atoms with E-state index in [2.05, 4.69) is 24.5 Å². The Balaban J connectivity index is 1.86. The van der Waals surface area contributed by atoms with Gasteiger partial charge in [-0.3, -0.25) is 0 Å². The van der Waals surface area contributed by atoms with Crippen molar-refractivity contribution in [3.63, 3.8) is 0 Å². The minimum Gasteiger partial charge on any atom is -0.470 e. The summed E-state index contributed by atoms with van der Waals surface area (Å²) in [6.45, 7) is 0. The fraction of sp³-hybridized carbons (Fsp3) is 0.250. The molecule has 0 fully saturated rings. The maximum atomic E-state index is 5.59. The zero-order chi connectivity index (χ0) is 14.5. The van der Waals surface area contributed by atoms with Crippen molar-refractivity contribution in [3.05, 3.63) is 72.5 Å². The quantitative estimate of drug-likeness (QED) is 0.605. The number of rotatable bonds is 7. The Kier molecular flexibility index (Phi) is 4.41. The van der Waals surface area contributed by atoms with E-state index in [0.29, 0.717) is 0 Å². The van der Waals surface area contributed by atoms with Gasteiger partial charge in [-0.05, 0) is 42.7 Å². The molecule has 3 aromatic rings. The van der Waals surface area contributed by atoms with Crippen molar-refractivity contribution in [1.29, 1.82) is 0 Å². The van der Waals surface area contributed by atoms with Crippen LogP contribution in [0.4, 0.5) is 0 Å². The minimum atomic E-state index is -1.75. The third kappa shape index (κ3) is 3.54. The molecule has 0 amide bonds. The zero-order valence-electron chi connectivity index (χ0n) is 12.0. The lowest BCUT2D eigenvalue weighted by Gasteiger charge is -2.27. The molecule has 110 valence electrons. The van der Waals surface area contributed by atoms with E-state index >= 15 is 0 Å². The summed E-state index contributed by atoms with van der Waals surface area (Å²) in [5.74, 6) is 3.15. The molecule has 3 aromatic heterocycles. The fourth-order valence-electron chi connectivity index (χ4n) is 2.60. The third-order valence-electron chi connectivity index (χ3n) is 3.66. The van der Waals surface area contributed by atoms with Gasteiger partial charge in [0.1, 0.15) is 24.5 Å². The van der Waals surface area contributed by atoms with Crippen molar-refractivity contribution >= 4 is 18.4 Å². The Labute approximate surface area is 129 Å². The molecule has 0 aliphatic heterocycles. The molecule has 3 nitrogen and oxygen atoms in total. The van der Waals surface area contributed by atoms with E-state index in [1.807, 2.05) is 29.4 Å². The summed E-state index contributed by atoms with van der Waals surface area (Å²) in [7, 11) is -1.75. The Bertz CT molecular complexity index is 540. The topological polar surface area (TPSA) is 39.4 Å². The second-order valence-corrected chi connectivity index (χ2v) is 12.8. The normalized spacial score (nSPS) is 11.9. The van der Waals surface area contributed by atoms with Gasteiger partial charge in [0.15, 0.2) is 0 Å². The van der Waals surface area contributed by atoms with E-state index in [9.17, 15) is 0 Å². The molecule has 0 atom stereocenters. The van der Waals surface area contributed by atoms with E-state index in [-0.39, 0.29) is 0 Å². The van der Waals surface area contributed by atoms with Crippen molar-refractivity contribution < 1.29 is 13.3 Å². The molecule has 0 unspecified atom stereocenters. The van der Waals surface area contributed by atoms with Gasteiger partial charge >= 0.3 is 0 Å². The van der Waals surface area contributed by atoms with Gasteiger partial charge in [-0.2, -0.15) is 11.2 Å². The Morgan fingerprint density at radius 3 is 1.38 bits per heavy atom. The average molecular weight is 318 g/mol. The summed E-state index contributed by atoms with van der Waals surface area (Å²) < 4.78 is 16.8. The van der Waals surface area contributed by atoms with Crippen molar-refractivity contribution in [1.82, 2.24) is 0 Å². The van der Waals surface area contributed by atoms with Crippen LogP contribution in [-0.2, 0) is 18.1 Å². The van der Waals surface area contributed by atoms with Gasteiger partial charge in [0.2, 0.25) is 0 Å². The number of furan rings is 3. The fourth-order valence-corrected chi connectivity index (χ4v) is 8.49. The van der Waals surface area contributed by atoms with Crippen molar-refractivity contribution in [2.24, 2.45) is 0 Å². The molecule has 0 saturated carbocycles. The van der Waals surface area contributed by atoms with Gasteiger partial charge in [-0.15, -0.1) is 0 Å². The van der Waals surface area contributed by atoms with Gasteiger partial charge in [0, 0.05) is 18.1 Å². The van der Waals surface area contributed by atoms with E-state index < -0.39 is 7.22 Å². The van der Waals surface area contributed by atoms with Crippen LogP contribution in [0.3, 0.4) is 0 Å². The highest BCUT2D eigenvalue weighted by atomic mass is 32.4. The third-order valence-corrected chi connectivity index (χ3v) is 11.4. The summed E-state index contributed by atoms with van der Waals surface area (Å²) >= 11 is 1.97. The van der Waals surface area contributed by atoms with E-state index in [1.54, 1.807) is 18.8 Å². The molecule has 0 aliphatic rings. The first-order chi connectivity index (χ1) is 10.3. The molecule has 0 aromatic carbocycles. The SMILES string of the molecule is CS[Si](Cc1ccco1)(Cc1ccco1)Cc1ccco1. The van der Waals surface area contributed by atoms with Gasteiger partial charge in [-0.25, -0.2) is 0 Å². The van der Waals surface area contributed by atoms with Crippen molar-refractivity contribution in [2.75, 3.05) is 6.26 Å². The number of hydrogen-bond donors (Lipinski definition) is 0. The standard InChI is InChI=1S/C16H18O3SSi/c1-20-21(11-14-5-2-8-17-14,12-15-6-3-9-18-15)13-16-7-4-10-19-16/h2-10H,11-13H2,1H3. The van der Waals surface area contributed by atoms with Crippen LogP contribution in [0.15, 0.2) is 68.4 Å². The van der Waals surface area contributed by atoms with Crippen LogP contribution in [-0.4, -0.2) is 13.5 Å². The summed E-state index contributed by atoms with van der Waals surface area (Å²) in [4.78, 5) is 0. The lowest BCUT2D eigenvalue weighted by Crippen LogP contribution is -2.40. The Morgan fingerprint density at radius 2 is 1.14 bits per heavy atom. The lowest BCUT2D eigenvalue weighted by molar-refractivity contribution is 0.512. The summed E-state index contributed by atoms with van der Waals surface area (Å²) in [6.07, 6.45) is 7.43. The smallest absolute Gasteiger partial charge is 0.139 e. The first kappa shape index (κ1) is 14.3. The van der Waals surface area contributed by atoms with Gasteiger partial charge in [0.25, 0.3) is 0 Å². The molecule has 0 spiro atoms. The Hall–Kier alpha value is -1.59. The monoisotopic (exact) mass is 318 g/mol. The van der Waals surface area contributed by atoms with Gasteiger partial charge < -0.3 is 13.3 Å². The largest absolute Gasteiger partial charge is 0.470 e. The van der Waals surface area contributed by atoms with Crippen LogP contribution in [0.5, 0.6) is 0 Å². The van der Waals surface area contributed by atoms with Crippen molar-refractivity contribution in [3.8, 4) is 0 Å². The second kappa shape index (κ2) is 6.45. The lowest BCUT2D eigenvalue weighted by atomic mass is 10.5. The first-order valence-electron chi connectivity index (χ1n) is 6.92. The minimum absolute atomic E-state index is 0.975. The molecule has 0 saturated heterocycles. The van der Waals surface area contributed by atoms with Crippen LogP contribution in [0, 0.1) is 0 Å². The van der Waals surface area contributed by atoms with E-state index in [1.165, 1.54) is 0 Å². The molecule has 21 heavy (non-hydrogen) atoms. The average Bonchev–Trinajstić information content (AvgIpc) is 3.21. The van der Waals surface area contributed by atoms with E-state index in [0.717, 1.165) is 35.4 Å². The summed E-state index contributed by atoms with van der Waals surface area (Å²) in [5.41, 5.74) is 0. The molecule has 0 N–H and O–H groups in total. The molecule has 3 heterocycles. The predicted molar refractivity (Wildman–Crippen MR) is 86.5 cm³/mol. The van der Waals surface area contributed by atoms with E-state index in [4.69, 9.17) is 13.3 Å². The van der Waals surface area contributed by atoms with Crippen LogP contribution in [0.25, 0.3) is 0 Å². The van der Waals surface area contributed by atoms with Crippen LogP contribution < -0.4 is 0 Å². The summed E-state index contributed by atoms with van der Waals surface area (Å²) in [6, 6.07) is 15.0. The molecule has 0 radical (unpaired) electrons. The van der Waals surface area contributed by atoms with Crippen molar-refractivity contribution in [2.45, 2.75) is 18.1 Å². The Morgan fingerprint density at radius 1 is 0.762 bits per heavy atom. The van der Waals surface area contributed by atoms with Gasteiger partial charge in [0.05, 0.1) is 18.8 Å². The maximum Gasteiger partial charge on any atom is 0.139 e. The second-order valence-electron chi connectivity index (χ2n) is 5.16. The molecular weight excluding hydrogens is 300 g/mol. The highest BCUT2D eigenvalue weighted by molar-refractivity contribution is 8.28. The molecule has 5 heteroatoms. The highest BCUT2D eigenvalue weighted by Gasteiger charge is 2.36. The molecule has 3 rings (SSSR count). The van der Waals surface area contributed by atoms with Gasteiger partial charge in [-0.1, -0.05) is 0 Å². The van der Waals surface area contributed by atoms with Crippen LogP contribution in [0.2, 0.25) is 0 Å². The maximum absolute atomic E-state index is 5.59. The molecule has 0 aliphatic carbocycles. The van der Waals surface area contributed by atoms with Crippen LogP contribution >= 0.6 is 11.2 Å². The summed E-state index contributed by atoms with van der Waals surface area (Å²) in [5, 5.41) is 0. The molecule has 0 bridgehead atoms. The highest BCUT2D eigenvalue weighted by Crippen LogP contribution is 2.31.